The summed E-state index contributed by atoms with van der Waals surface area (Å²) in [6.07, 6.45) is 1.95. The summed E-state index contributed by atoms with van der Waals surface area (Å²) in [7, 11) is 0. The second-order valence-electron chi connectivity index (χ2n) is 3.23. The lowest BCUT2D eigenvalue weighted by Crippen LogP contribution is -2.18. The molecule has 0 saturated carbocycles. The van der Waals surface area contributed by atoms with Crippen LogP contribution in [0.1, 0.15) is 30.0 Å². The SMILES string of the molecule is CCn1nc(C)cc1C(=O)C(C)SC. The average Bonchev–Trinajstić information content (AvgIpc) is 2.57. The normalized spacial score (nSPS) is 12.9. The zero-order valence-corrected chi connectivity index (χ0v) is 9.89. The highest BCUT2D eigenvalue weighted by atomic mass is 32.2. The first-order chi connectivity index (χ1) is 6.60. The van der Waals surface area contributed by atoms with E-state index in [1.807, 2.05) is 33.1 Å². The summed E-state index contributed by atoms with van der Waals surface area (Å²) in [5.41, 5.74) is 1.63. The van der Waals surface area contributed by atoms with Crippen molar-refractivity contribution in [1.82, 2.24) is 9.78 Å². The monoisotopic (exact) mass is 212 g/mol. The zero-order chi connectivity index (χ0) is 10.7. The largest absolute Gasteiger partial charge is 0.291 e. The molecule has 0 amide bonds. The van der Waals surface area contributed by atoms with Crippen LogP contribution in [0, 0.1) is 6.92 Å². The number of nitrogens with zero attached hydrogens (tertiary/aromatic N) is 2. The van der Waals surface area contributed by atoms with Gasteiger partial charge in [0.05, 0.1) is 10.9 Å². The third-order valence-corrected chi connectivity index (χ3v) is 3.10. The third kappa shape index (κ3) is 2.18. The van der Waals surface area contributed by atoms with Crippen LogP contribution >= 0.6 is 11.8 Å². The van der Waals surface area contributed by atoms with Gasteiger partial charge in [-0.15, -0.1) is 0 Å². The van der Waals surface area contributed by atoms with Gasteiger partial charge >= 0.3 is 0 Å². The van der Waals surface area contributed by atoms with E-state index in [4.69, 9.17) is 0 Å². The van der Waals surface area contributed by atoms with Crippen LogP contribution in [-0.4, -0.2) is 27.1 Å². The number of hydrogen-bond donors (Lipinski definition) is 0. The van der Waals surface area contributed by atoms with E-state index in [-0.39, 0.29) is 11.0 Å². The lowest BCUT2D eigenvalue weighted by Gasteiger charge is -2.07. The number of carbonyl (C=O) groups excluding carboxylic acids is 1. The second-order valence-corrected chi connectivity index (χ2v) is 4.41. The minimum Gasteiger partial charge on any atom is -0.291 e. The number of ketones is 1. The van der Waals surface area contributed by atoms with Crippen LogP contribution in [0.5, 0.6) is 0 Å². The van der Waals surface area contributed by atoms with Crippen LogP contribution in [0.4, 0.5) is 0 Å². The van der Waals surface area contributed by atoms with Gasteiger partial charge in [-0.2, -0.15) is 16.9 Å². The molecular formula is C10H16N2OS. The number of aromatic nitrogens is 2. The first-order valence-corrected chi connectivity index (χ1v) is 6.00. The fourth-order valence-electron chi connectivity index (χ4n) is 1.30. The molecule has 0 aromatic carbocycles. The number of Topliss-reactive ketones (excluding diaryl/α,β-unsaturated/α-hetero) is 1. The van der Waals surface area contributed by atoms with Gasteiger partial charge in [-0.05, 0) is 33.1 Å². The topological polar surface area (TPSA) is 34.9 Å². The van der Waals surface area contributed by atoms with Gasteiger partial charge < -0.3 is 0 Å². The Kier molecular flexibility index (Phi) is 3.75. The summed E-state index contributed by atoms with van der Waals surface area (Å²) in [4.78, 5) is 11.9. The number of carbonyl (C=O) groups is 1. The molecule has 0 radical (unpaired) electrons. The van der Waals surface area contributed by atoms with Gasteiger partial charge in [-0.1, -0.05) is 0 Å². The predicted molar refractivity (Wildman–Crippen MR) is 59.9 cm³/mol. The second kappa shape index (κ2) is 4.64. The average molecular weight is 212 g/mol. The molecule has 1 aromatic rings. The standard InChI is InChI=1S/C10H16N2OS/c1-5-12-9(6-7(2)11-12)10(13)8(3)14-4/h6,8H,5H2,1-4H3. The molecule has 1 rings (SSSR count). The van der Waals surface area contributed by atoms with Crippen molar-refractivity contribution < 1.29 is 4.79 Å². The number of thioether (sulfide) groups is 1. The molecule has 14 heavy (non-hydrogen) atoms. The van der Waals surface area contributed by atoms with E-state index in [1.165, 1.54) is 0 Å². The Labute approximate surface area is 88.9 Å². The molecule has 0 saturated heterocycles. The van der Waals surface area contributed by atoms with Gasteiger partial charge in [0, 0.05) is 6.54 Å². The van der Waals surface area contributed by atoms with Crippen LogP contribution in [0.25, 0.3) is 0 Å². The third-order valence-electron chi connectivity index (χ3n) is 2.18. The van der Waals surface area contributed by atoms with Crippen LogP contribution in [0.3, 0.4) is 0 Å². The first-order valence-electron chi connectivity index (χ1n) is 4.71. The molecule has 1 atom stereocenters. The van der Waals surface area contributed by atoms with Gasteiger partial charge in [0.2, 0.25) is 0 Å². The molecule has 0 fully saturated rings. The zero-order valence-electron chi connectivity index (χ0n) is 9.07. The Morgan fingerprint density at radius 2 is 2.36 bits per heavy atom. The maximum atomic E-state index is 11.9. The van der Waals surface area contributed by atoms with Crippen molar-refractivity contribution in [2.45, 2.75) is 32.6 Å². The van der Waals surface area contributed by atoms with E-state index in [2.05, 4.69) is 5.10 Å². The van der Waals surface area contributed by atoms with E-state index >= 15 is 0 Å². The summed E-state index contributed by atoms with van der Waals surface area (Å²) >= 11 is 1.57. The molecule has 78 valence electrons. The molecule has 1 unspecified atom stereocenters. The van der Waals surface area contributed by atoms with Gasteiger partial charge in [0.1, 0.15) is 5.69 Å². The fraction of sp³-hybridized carbons (Fsp3) is 0.600. The molecule has 4 heteroatoms. The smallest absolute Gasteiger partial charge is 0.193 e. The van der Waals surface area contributed by atoms with Crippen LogP contribution in [-0.2, 0) is 6.54 Å². The van der Waals surface area contributed by atoms with E-state index in [0.717, 1.165) is 17.9 Å². The fourth-order valence-corrected chi connectivity index (χ4v) is 1.64. The summed E-state index contributed by atoms with van der Waals surface area (Å²) in [5.74, 6) is 0.167. The highest BCUT2D eigenvalue weighted by molar-refractivity contribution is 7.99. The Hall–Kier alpha value is -0.770. The molecule has 0 N–H and O–H groups in total. The van der Waals surface area contributed by atoms with Crippen molar-refractivity contribution in [1.29, 1.82) is 0 Å². The number of hydrogen-bond acceptors (Lipinski definition) is 3. The van der Waals surface area contributed by atoms with Crippen molar-refractivity contribution in [3.63, 3.8) is 0 Å². The van der Waals surface area contributed by atoms with Gasteiger partial charge in [-0.25, -0.2) is 0 Å². The molecule has 0 bridgehead atoms. The molecule has 0 spiro atoms. The maximum absolute atomic E-state index is 11.9. The minimum absolute atomic E-state index is 0.0106. The van der Waals surface area contributed by atoms with Crippen LogP contribution in [0.2, 0.25) is 0 Å². The number of rotatable bonds is 4. The summed E-state index contributed by atoms with van der Waals surface area (Å²) < 4.78 is 1.77. The summed E-state index contributed by atoms with van der Waals surface area (Å²) in [5, 5.41) is 4.26. The van der Waals surface area contributed by atoms with Crippen molar-refractivity contribution in [2.75, 3.05) is 6.26 Å². The Balaban J connectivity index is 2.99. The predicted octanol–water partition coefficient (Wildman–Crippen LogP) is 2.15. The molecular weight excluding hydrogens is 196 g/mol. The maximum Gasteiger partial charge on any atom is 0.193 e. The molecule has 0 aliphatic carbocycles. The lowest BCUT2D eigenvalue weighted by atomic mass is 10.2. The molecule has 0 aliphatic rings. The van der Waals surface area contributed by atoms with E-state index < -0.39 is 0 Å². The summed E-state index contributed by atoms with van der Waals surface area (Å²) in [6.45, 7) is 6.57. The van der Waals surface area contributed by atoms with Gasteiger partial charge in [0.25, 0.3) is 0 Å². The first kappa shape index (κ1) is 11.3. The van der Waals surface area contributed by atoms with Crippen LogP contribution in [0.15, 0.2) is 6.07 Å². The molecule has 1 aromatic heterocycles. The summed E-state index contributed by atoms with van der Waals surface area (Å²) in [6, 6.07) is 1.86. The Morgan fingerprint density at radius 3 is 2.86 bits per heavy atom. The quantitative estimate of drug-likeness (QED) is 0.717. The highest BCUT2D eigenvalue weighted by Gasteiger charge is 2.18. The molecule has 3 nitrogen and oxygen atoms in total. The van der Waals surface area contributed by atoms with Crippen molar-refractivity contribution in [3.8, 4) is 0 Å². The van der Waals surface area contributed by atoms with Gasteiger partial charge in [0.15, 0.2) is 5.78 Å². The Bertz CT molecular complexity index is 333. The number of aryl methyl sites for hydroxylation is 2. The van der Waals surface area contributed by atoms with E-state index in [0.29, 0.717) is 0 Å². The molecule has 0 aliphatic heterocycles. The van der Waals surface area contributed by atoms with Crippen molar-refractivity contribution >= 4 is 17.5 Å². The lowest BCUT2D eigenvalue weighted by molar-refractivity contribution is 0.0984. The van der Waals surface area contributed by atoms with Gasteiger partial charge in [-0.3, -0.25) is 9.48 Å². The minimum atomic E-state index is 0.0106. The van der Waals surface area contributed by atoms with E-state index in [9.17, 15) is 4.79 Å². The van der Waals surface area contributed by atoms with E-state index in [1.54, 1.807) is 16.4 Å². The highest BCUT2D eigenvalue weighted by Crippen LogP contribution is 2.14. The molecule has 1 heterocycles. The van der Waals surface area contributed by atoms with Crippen molar-refractivity contribution in [3.05, 3.63) is 17.5 Å². The van der Waals surface area contributed by atoms with Crippen molar-refractivity contribution in [2.24, 2.45) is 0 Å². The Morgan fingerprint density at radius 1 is 1.71 bits per heavy atom. The van der Waals surface area contributed by atoms with Crippen LogP contribution < -0.4 is 0 Å².